The third-order valence-electron chi connectivity index (χ3n) is 1.78. The van der Waals surface area contributed by atoms with Gasteiger partial charge in [0.25, 0.3) is 5.91 Å². The van der Waals surface area contributed by atoms with E-state index in [0.717, 1.165) is 11.3 Å². The number of benzene rings is 1. The molecule has 0 aliphatic carbocycles. The molecule has 0 atom stereocenters. The molecule has 0 heterocycles. The fraction of sp³-hybridized carbons (Fsp3) is 0.182. The molecule has 0 aliphatic rings. The Morgan fingerprint density at radius 2 is 1.93 bits per heavy atom. The van der Waals surface area contributed by atoms with Crippen LogP contribution < -0.4 is 5.32 Å². The van der Waals surface area contributed by atoms with Gasteiger partial charge in [-0.25, -0.2) is 0 Å². The van der Waals surface area contributed by atoms with E-state index >= 15 is 0 Å². The first-order valence-corrected chi connectivity index (χ1v) is 4.71. The molecule has 0 fully saturated rings. The van der Waals surface area contributed by atoms with Crippen molar-refractivity contribution >= 4 is 23.2 Å². The quantitative estimate of drug-likeness (QED) is 0.746. The van der Waals surface area contributed by atoms with E-state index in [1.807, 2.05) is 31.2 Å². The van der Waals surface area contributed by atoms with Gasteiger partial charge in [-0.2, -0.15) is 0 Å². The Hall–Kier alpha value is -1.28. The van der Waals surface area contributed by atoms with Crippen molar-refractivity contribution in [1.82, 2.24) is 0 Å². The summed E-state index contributed by atoms with van der Waals surface area (Å²) in [5, 5.41) is 2.88. The van der Waals surface area contributed by atoms with E-state index in [-0.39, 0.29) is 10.9 Å². The first kappa shape index (κ1) is 10.8. The molecule has 0 radical (unpaired) electrons. The van der Waals surface area contributed by atoms with Gasteiger partial charge in [0.2, 0.25) is 0 Å². The highest BCUT2D eigenvalue weighted by atomic mass is 35.5. The van der Waals surface area contributed by atoms with Crippen LogP contribution in [0.1, 0.15) is 12.5 Å². The molecule has 1 aromatic carbocycles. The summed E-state index contributed by atoms with van der Waals surface area (Å²) in [6.07, 6.45) is 1.56. The zero-order valence-corrected chi connectivity index (χ0v) is 8.93. The van der Waals surface area contributed by atoms with E-state index < -0.39 is 0 Å². The van der Waals surface area contributed by atoms with Gasteiger partial charge in [-0.1, -0.05) is 35.4 Å². The van der Waals surface area contributed by atoms with Crippen LogP contribution in [0.3, 0.4) is 0 Å². The topological polar surface area (TPSA) is 29.1 Å². The van der Waals surface area contributed by atoms with Crippen molar-refractivity contribution in [2.45, 2.75) is 13.8 Å². The Labute approximate surface area is 88.6 Å². The average Bonchev–Trinajstić information content (AvgIpc) is 2.20. The molecule has 1 aromatic rings. The van der Waals surface area contributed by atoms with Gasteiger partial charge < -0.3 is 5.32 Å². The minimum Gasteiger partial charge on any atom is -0.321 e. The van der Waals surface area contributed by atoms with Crippen LogP contribution in [0, 0.1) is 6.92 Å². The first-order chi connectivity index (χ1) is 6.63. The van der Waals surface area contributed by atoms with Gasteiger partial charge in [0.05, 0.1) is 0 Å². The Balaban J connectivity index is 2.70. The Kier molecular flexibility index (Phi) is 3.72. The molecule has 14 heavy (non-hydrogen) atoms. The molecule has 0 saturated carbocycles. The molecule has 0 saturated heterocycles. The summed E-state index contributed by atoms with van der Waals surface area (Å²) in [5.74, 6) is -0.280. The standard InChI is InChI=1S/C11H12ClNO/c1-3-10(12)11(14)13-9-6-4-8(2)5-7-9/h3-7H,1-2H3,(H,13,14)/b10-3-. The number of aryl methyl sites for hydroxylation is 1. The van der Waals surface area contributed by atoms with Crippen LogP contribution in [0.4, 0.5) is 5.69 Å². The van der Waals surface area contributed by atoms with Gasteiger partial charge in [-0.3, -0.25) is 4.79 Å². The van der Waals surface area contributed by atoms with Crippen molar-refractivity contribution in [3.63, 3.8) is 0 Å². The van der Waals surface area contributed by atoms with Gasteiger partial charge in [0.15, 0.2) is 0 Å². The number of carbonyl (C=O) groups is 1. The maximum atomic E-state index is 11.3. The number of hydrogen-bond donors (Lipinski definition) is 1. The molecule has 74 valence electrons. The molecule has 3 heteroatoms. The number of hydrogen-bond acceptors (Lipinski definition) is 1. The van der Waals surface area contributed by atoms with E-state index in [1.165, 1.54) is 0 Å². The highest BCUT2D eigenvalue weighted by Gasteiger charge is 2.04. The van der Waals surface area contributed by atoms with Crippen molar-refractivity contribution in [2.24, 2.45) is 0 Å². The molecular weight excluding hydrogens is 198 g/mol. The minimum absolute atomic E-state index is 0.200. The molecule has 0 aromatic heterocycles. The smallest absolute Gasteiger partial charge is 0.266 e. The monoisotopic (exact) mass is 209 g/mol. The second-order valence-electron chi connectivity index (χ2n) is 2.96. The minimum atomic E-state index is -0.280. The predicted molar refractivity (Wildman–Crippen MR) is 59.4 cm³/mol. The molecule has 2 nitrogen and oxygen atoms in total. The van der Waals surface area contributed by atoms with Gasteiger partial charge in [0, 0.05) is 5.69 Å². The highest BCUT2D eigenvalue weighted by Crippen LogP contribution is 2.11. The number of allylic oxidation sites excluding steroid dienone is 1. The molecule has 1 N–H and O–H groups in total. The predicted octanol–water partition coefficient (Wildman–Crippen LogP) is 3.08. The summed E-state index contributed by atoms with van der Waals surface area (Å²) in [4.78, 5) is 11.3. The van der Waals surface area contributed by atoms with Crippen molar-refractivity contribution in [3.05, 3.63) is 40.9 Å². The largest absolute Gasteiger partial charge is 0.321 e. The van der Waals surface area contributed by atoms with Crippen LogP contribution in [0.15, 0.2) is 35.4 Å². The van der Waals surface area contributed by atoms with Crippen molar-refractivity contribution < 1.29 is 4.79 Å². The number of nitrogens with one attached hydrogen (secondary N) is 1. The lowest BCUT2D eigenvalue weighted by molar-refractivity contribution is -0.112. The van der Waals surface area contributed by atoms with E-state index in [4.69, 9.17) is 11.6 Å². The lowest BCUT2D eigenvalue weighted by Crippen LogP contribution is -2.11. The average molecular weight is 210 g/mol. The lowest BCUT2D eigenvalue weighted by Gasteiger charge is -2.03. The van der Waals surface area contributed by atoms with E-state index in [1.54, 1.807) is 13.0 Å². The Bertz CT molecular complexity index is 354. The van der Waals surface area contributed by atoms with E-state index in [9.17, 15) is 4.79 Å². The summed E-state index contributed by atoms with van der Waals surface area (Å²) in [7, 11) is 0. The van der Waals surface area contributed by atoms with Crippen LogP contribution in [0.2, 0.25) is 0 Å². The maximum Gasteiger partial charge on any atom is 0.266 e. The van der Waals surface area contributed by atoms with Crippen LogP contribution in [0.5, 0.6) is 0 Å². The second-order valence-corrected chi connectivity index (χ2v) is 3.36. The van der Waals surface area contributed by atoms with Gasteiger partial charge in [0.1, 0.15) is 5.03 Å². The third kappa shape index (κ3) is 2.89. The van der Waals surface area contributed by atoms with E-state index in [2.05, 4.69) is 5.32 Å². The number of halogens is 1. The molecule has 1 rings (SSSR count). The van der Waals surface area contributed by atoms with Gasteiger partial charge in [-0.15, -0.1) is 0 Å². The summed E-state index contributed by atoms with van der Waals surface area (Å²) in [6, 6.07) is 7.54. The summed E-state index contributed by atoms with van der Waals surface area (Å²) >= 11 is 5.65. The van der Waals surface area contributed by atoms with E-state index in [0.29, 0.717) is 0 Å². The number of rotatable bonds is 2. The SMILES string of the molecule is C/C=C(\Cl)C(=O)Nc1ccc(C)cc1. The molecule has 0 bridgehead atoms. The summed E-state index contributed by atoms with van der Waals surface area (Å²) < 4.78 is 0. The van der Waals surface area contributed by atoms with Crippen molar-refractivity contribution in [2.75, 3.05) is 5.32 Å². The maximum absolute atomic E-state index is 11.3. The van der Waals surface area contributed by atoms with Gasteiger partial charge in [-0.05, 0) is 26.0 Å². The van der Waals surface area contributed by atoms with Gasteiger partial charge >= 0.3 is 0 Å². The summed E-state index contributed by atoms with van der Waals surface area (Å²) in [6.45, 7) is 3.71. The molecule has 1 amide bonds. The second kappa shape index (κ2) is 4.82. The van der Waals surface area contributed by atoms with Crippen LogP contribution >= 0.6 is 11.6 Å². The zero-order chi connectivity index (χ0) is 10.6. The third-order valence-corrected chi connectivity index (χ3v) is 2.17. The normalized spacial score (nSPS) is 11.2. The lowest BCUT2D eigenvalue weighted by atomic mass is 10.2. The van der Waals surface area contributed by atoms with Crippen LogP contribution in [-0.2, 0) is 4.79 Å². The highest BCUT2D eigenvalue weighted by molar-refractivity contribution is 6.43. The number of carbonyl (C=O) groups excluding carboxylic acids is 1. The molecule has 0 spiro atoms. The Morgan fingerprint density at radius 3 is 2.43 bits per heavy atom. The fourth-order valence-corrected chi connectivity index (χ4v) is 1.01. The fourth-order valence-electron chi connectivity index (χ4n) is 0.959. The first-order valence-electron chi connectivity index (χ1n) is 4.33. The Morgan fingerprint density at radius 1 is 1.36 bits per heavy atom. The summed E-state index contributed by atoms with van der Waals surface area (Å²) in [5.41, 5.74) is 1.90. The van der Waals surface area contributed by atoms with Crippen LogP contribution in [-0.4, -0.2) is 5.91 Å². The zero-order valence-electron chi connectivity index (χ0n) is 8.17. The number of amides is 1. The molecular formula is C11H12ClNO. The van der Waals surface area contributed by atoms with Crippen molar-refractivity contribution in [1.29, 1.82) is 0 Å². The molecule has 0 aliphatic heterocycles. The molecule has 0 unspecified atom stereocenters. The van der Waals surface area contributed by atoms with Crippen molar-refractivity contribution in [3.8, 4) is 0 Å². The van der Waals surface area contributed by atoms with Crippen LogP contribution in [0.25, 0.3) is 0 Å². The number of anilines is 1.